The third-order valence-electron chi connectivity index (χ3n) is 9.99. The summed E-state index contributed by atoms with van der Waals surface area (Å²) >= 11 is 0. The minimum Gasteiger partial charge on any atom is -0.393 e. The van der Waals surface area contributed by atoms with Gasteiger partial charge >= 0.3 is 0 Å². The van der Waals surface area contributed by atoms with Crippen molar-refractivity contribution in [3.63, 3.8) is 0 Å². The molecule has 1 aliphatic heterocycles. The third-order valence-corrected chi connectivity index (χ3v) is 9.99. The van der Waals surface area contributed by atoms with Crippen LogP contribution in [0.3, 0.4) is 0 Å². The van der Waals surface area contributed by atoms with Crippen molar-refractivity contribution >= 4 is 0 Å². The molecule has 0 aromatic rings. The molecule has 0 radical (unpaired) electrons. The van der Waals surface area contributed by atoms with Gasteiger partial charge in [-0.3, -0.25) is 0 Å². The maximum absolute atomic E-state index is 11.0. The van der Waals surface area contributed by atoms with E-state index in [-0.39, 0.29) is 23.2 Å². The molecule has 2 N–H and O–H groups in total. The number of fused-ring (bicyclic) bond motifs is 5. The Morgan fingerprint density at radius 3 is 2.20 bits per heavy atom. The van der Waals surface area contributed by atoms with E-state index in [2.05, 4.69) is 20.8 Å². The van der Waals surface area contributed by atoms with Gasteiger partial charge in [0.25, 0.3) is 0 Å². The zero-order valence-electron chi connectivity index (χ0n) is 16.2. The average Bonchev–Trinajstić information content (AvgIpc) is 3.18. The van der Waals surface area contributed by atoms with Crippen molar-refractivity contribution in [3.05, 3.63) is 0 Å². The minimum absolute atomic E-state index is 0.144. The molecule has 4 saturated carbocycles. The molecule has 10 atom stereocenters. The number of aliphatic hydroxyl groups is 2. The van der Waals surface area contributed by atoms with Crippen LogP contribution in [-0.4, -0.2) is 34.6 Å². The highest BCUT2D eigenvalue weighted by Gasteiger charge is 2.66. The first-order chi connectivity index (χ1) is 11.8. The molecule has 0 bridgehead atoms. The standard InChI is InChI=1S/C22H36O3/c1-20-8-6-13(23)10-17(20)18(24)11-14-15-4-5-19(22(3)12-25-22)21(15,2)9-7-16(14)20/h13-19,23-24H,4-12H2,1-3H3/t13-,14+,15+,16+,17-,18+,19+,20-,21+,22-/m1/s1. The minimum atomic E-state index is -0.213. The Morgan fingerprint density at radius 2 is 1.48 bits per heavy atom. The molecule has 1 heterocycles. The summed E-state index contributed by atoms with van der Waals surface area (Å²) in [6.07, 6.45) is 8.72. The average molecular weight is 349 g/mol. The Morgan fingerprint density at radius 1 is 0.800 bits per heavy atom. The van der Waals surface area contributed by atoms with Crippen LogP contribution in [0, 0.1) is 40.4 Å². The second-order valence-corrected chi connectivity index (χ2v) is 11.0. The molecule has 4 aliphatic carbocycles. The summed E-state index contributed by atoms with van der Waals surface area (Å²) in [5, 5.41) is 21.2. The Hall–Kier alpha value is -0.120. The van der Waals surface area contributed by atoms with E-state index >= 15 is 0 Å². The van der Waals surface area contributed by atoms with E-state index in [9.17, 15) is 10.2 Å². The van der Waals surface area contributed by atoms with E-state index in [1.807, 2.05) is 0 Å². The summed E-state index contributed by atoms with van der Waals surface area (Å²) < 4.78 is 5.89. The lowest BCUT2D eigenvalue weighted by atomic mass is 9.44. The molecule has 0 spiro atoms. The predicted molar refractivity (Wildman–Crippen MR) is 97.0 cm³/mol. The molecule has 1 saturated heterocycles. The fraction of sp³-hybridized carbons (Fsp3) is 1.00. The Balaban J connectivity index is 1.46. The van der Waals surface area contributed by atoms with Crippen LogP contribution >= 0.6 is 0 Å². The number of aliphatic hydroxyl groups excluding tert-OH is 2. The molecule has 0 aromatic carbocycles. The van der Waals surface area contributed by atoms with Gasteiger partial charge in [-0.25, -0.2) is 0 Å². The zero-order chi connectivity index (χ0) is 17.6. The van der Waals surface area contributed by atoms with Crippen molar-refractivity contribution in [2.75, 3.05) is 6.61 Å². The van der Waals surface area contributed by atoms with Crippen LogP contribution in [0.4, 0.5) is 0 Å². The van der Waals surface area contributed by atoms with Crippen LogP contribution in [-0.2, 0) is 4.74 Å². The van der Waals surface area contributed by atoms with Crippen LogP contribution < -0.4 is 0 Å². The van der Waals surface area contributed by atoms with Crippen LogP contribution in [0.2, 0.25) is 0 Å². The van der Waals surface area contributed by atoms with Crippen molar-refractivity contribution < 1.29 is 14.9 Å². The van der Waals surface area contributed by atoms with Gasteiger partial charge in [-0.15, -0.1) is 0 Å². The van der Waals surface area contributed by atoms with E-state index in [1.54, 1.807) is 0 Å². The largest absolute Gasteiger partial charge is 0.393 e. The van der Waals surface area contributed by atoms with Gasteiger partial charge < -0.3 is 14.9 Å². The van der Waals surface area contributed by atoms with E-state index in [4.69, 9.17) is 4.74 Å². The first-order valence-corrected chi connectivity index (χ1v) is 10.8. The zero-order valence-corrected chi connectivity index (χ0v) is 16.2. The van der Waals surface area contributed by atoms with E-state index in [0.717, 1.165) is 44.1 Å². The highest BCUT2D eigenvalue weighted by molar-refractivity contribution is 5.14. The van der Waals surface area contributed by atoms with Crippen LogP contribution in [0.25, 0.3) is 0 Å². The van der Waals surface area contributed by atoms with Gasteiger partial charge in [0.15, 0.2) is 0 Å². The quantitative estimate of drug-likeness (QED) is 0.709. The molecular weight excluding hydrogens is 312 g/mol. The maximum Gasteiger partial charge on any atom is 0.0921 e. The van der Waals surface area contributed by atoms with Crippen molar-refractivity contribution in [1.29, 1.82) is 0 Å². The number of epoxide rings is 1. The van der Waals surface area contributed by atoms with Gasteiger partial charge in [0, 0.05) is 0 Å². The van der Waals surface area contributed by atoms with Crippen molar-refractivity contribution in [1.82, 2.24) is 0 Å². The van der Waals surface area contributed by atoms with Gasteiger partial charge in [-0.05, 0) is 98.7 Å². The smallest absolute Gasteiger partial charge is 0.0921 e. The Bertz CT molecular complexity index is 557. The van der Waals surface area contributed by atoms with Crippen molar-refractivity contribution in [3.8, 4) is 0 Å². The molecule has 0 aromatic heterocycles. The lowest BCUT2D eigenvalue weighted by Crippen LogP contribution is -2.58. The first-order valence-electron chi connectivity index (χ1n) is 10.8. The van der Waals surface area contributed by atoms with Gasteiger partial charge in [-0.1, -0.05) is 13.8 Å². The summed E-state index contributed by atoms with van der Waals surface area (Å²) in [5.41, 5.74) is 0.787. The maximum atomic E-state index is 11.0. The fourth-order valence-corrected chi connectivity index (χ4v) is 8.60. The monoisotopic (exact) mass is 348 g/mol. The number of rotatable bonds is 1. The normalized spacial score (nSPS) is 63.5. The molecule has 25 heavy (non-hydrogen) atoms. The molecule has 3 nitrogen and oxygen atoms in total. The summed E-state index contributed by atoms with van der Waals surface area (Å²) in [7, 11) is 0. The van der Waals surface area contributed by atoms with E-state index < -0.39 is 0 Å². The summed E-state index contributed by atoms with van der Waals surface area (Å²) in [6.45, 7) is 8.27. The molecule has 5 aliphatic rings. The third kappa shape index (κ3) is 2.21. The number of hydrogen-bond acceptors (Lipinski definition) is 3. The van der Waals surface area contributed by atoms with Crippen LogP contribution in [0.1, 0.15) is 72.1 Å². The highest BCUT2D eigenvalue weighted by atomic mass is 16.6. The van der Waals surface area contributed by atoms with Crippen molar-refractivity contribution in [2.24, 2.45) is 40.4 Å². The molecule has 3 heteroatoms. The summed E-state index contributed by atoms with van der Waals surface area (Å²) in [4.78, 5) is 0. The SMILES string of the molecule is C[C@]12CC[C@@H](O)C[C@@H]1[C@@H](O)C[C@@H]1[C@@H]2CC[C@@]2(C)[C@H]1CC[C@@H]2[C@@]1(C)CO1. The van der Waals surface area contributed by atoms with Gasteiger partial charge in [0.1, 0.15) is 0 Å². The van der Waals surface area contributed by atoms with E-state index in [0.29, 0.717) is 23.2 Å². The molecule has 0 unspecified atom stereocenters. The predicted octanol–water partition coefficient (Wildman–Crippen LogP) is 3.77. The topological polar surface area (TPSA) is 53.0 Å². The molecule has 0 amide bonds. The highest BCUT2D eigenvalue weighted by Crippen LogP contribution is 2.69. The van der Waals surface area contributed by atoms with Crippen LogP contribution in [0.15, 0.2) is 0 Å². The van der Waals surface area contributed by atoms with Gasteiger partial charge in [0.05, 0.1) is 24.4 Å². The van der Waals surface area contributed by atoms with E-state index in [1.165, 1.54) is 25.7 Å². The fourth-order valence-electron chi connectivity index (χ4n) is 8.60. The second kappa shape index (κ2) is 5.23. The summed E-state index contributed by atoms with van der Waals surface area (Å²) in [5.74, 6) is 3.21. The van der Waals surface area contributed by atoms with Gasteiger partial charge in [-0.2, -0.15) is 0 Å². The molecular formula is C22H36O3. The Kier molecular flexibility index (Phi) is 3.56. The molecule has 5 rings (SSSR count). The van der Waals surface area contributed by atoms with Gasteiger partial charge in [0.2, 0.25) is 0 Å². The second-order valence-electron chi connectivity index (χ2n) is 11.0. The van der Waals surface area contributed by atoms with Crippen LogP contribution in [0.5, 0.6) is 0 Å². The number of hydrogen-bond donors (Lipinski definition) is 2. The lowest BCUT2D eigenvalue weighted by molar-refractivity contribution is -0.172. The summed E-state index contributed by atoms with van der Waals surface area (Å²) in [6, 6.07) is 0. The first kappa shape index (κ1) is 17.0. The molecule has 142 valence electrons. The Labute approximate surface area is 152 Å². The molecule has 5 fully saturated rings. The van der Waals surface area contributed by atoms with Crippen molar-refractivity contribution in [2.45, 2.75) is 89.9 Å². The lowest BCUT2D eigenvalue weighted by Gasteiger charge is -2.62. The number of ether oxygens (including phenoxy) is 1.